The van der Waals surface area contributed by atoms with Gasteiger partial charge in [0.2, 0.25) is 0 Å². The third kappa shape index (κ3) is 56.8. The molecule has 0 aromatic rings. The van der Waals surface area contributed by atoms with Crippen LogP contribution in [0.1, 0.15) is 0 Å². The van der Waals surface area contributed by atoms with Crippen LogP contribution >= 0.6 is 18.2 Å². The minimum atomic E-state index is -4.17. The summed E-state index contributed by atoms with van der Waals surface area (Å²) < 4.78 is 9.09. The standard InChI is InChI=1S/ClH2O3P.3Na.3H/c1-5(2,3)4;;;;;;/h(H2,2,3,4);;;;;;. The van der Waals surface area contributed by atoms with Gasteiger partial charge in [0.1, 0.15) is 0 Å². The molecule has 0 unspecified atom stereocenters. The fourth-order valence-electron chi connectivity index (χ4n) is 0. The quantitative estimate of drug-likeness (QED) is 0.355. The van der Waals surface area contributed by atoms with Crippen LogP contribution in [0.4, 0.5) is 0 Å². The van der Waals surface area contributed by atoms with Crippen molar-refractivity contribution >= 4 is 107 Å². The Labute approximate surface area is 119 Å². The SMILES string of the molecule is O=P(O)(O)Cl.[NaH].[NaH].[NaH]. The second-order valence-electron chi connectivity index (χ2n) is 0.473. The van der Waals surface area contributed by atoms with E-state index in [-0.39, 0.29) is 88.7 Å². The first kappa shape index (κ1) is 22.5. The molecule has 0 saturated heterocycles. The molecule has 8 heteroatoms. The van der Waals surface area contributed by atoms with Gasteiger partial charge in [0, 0.05) is 11.2 Å². The van der Waals surface area contributed by atoms with Gasteiger partial charge in [0.25, 0.3) is 0 Å². The number of rotatable bonds is 0. The van der Waals surface area contributed by atoms with Crippen LogP contribution in [0.2, 0.25) is 0 Å². The van der Waals surface area contributed by atoms with Gasteiger partial charge in [-0.1, -0.05) is 0 Å². The van der Waals surface area contributed by atoms with Crippen LogP contribution in [-0.4, -0.2) is 98.5 Å². The van der Waals surface area contributed by atoms with E-state index in [1.807, 2.05) is 0 Å². The molecular formula is H5ClNa3O3P. The molecule has 0 amide bonds. The maximum atomic E-state index is 9.09. The van der Waals surface area contributed by atoms with E-state index in [0.29, 0.717) is 0 Å². The zero-order chi connectivity index (χ0) is 4.50. The van der Waals surface area contributed by atoms with Gasteiger partial charge < -0.3 is 9.79 Å². The van der Waals surface area contributed by atoms with Crippen LogP contribution in [0, 0.1) is 0 Å². The third-order valence-electron chi connectivity index (χ3n) is 0. The zero-order valence-corrected chi connectivity index (χ0v) is 3.78. The van der Waals surface area contributed by atoms with E-state index in [2.05, 4.69) is 11.2 Å². The summed E-state index contributed by atoms with van der Waals surface area (Å²) in [5.41, 5.74) is 0. The molecule has 0 heterocycles. The third-order valence-corrected chi connectivity index (χ3v) is 0. The molecule has 0 aliphatic rings. The van der Waals surface area contributed by atoms with Gasteiger partial charge in [-0.3, -0.25) is 0 Å². The Kier molecular flexibility index (Phi) is 29.4. The van der Waals surface area contributed by atoms with Crippen molar-refractivity contribution in [2.24, 2.45) is 0 Å². The van der Waals surface area contributed by atoms with Gasteiger partial charge in [0.15, 0.2) is 0 Å². The molecule has 0 spiro atoms. The van der Waals surface area contributed by atoms with Crippen LogP contribution in [0.25, 0.3) is 0 Å². The molecule has 38 valence electrons. The van der Waals surface area contributed by atoms with E-state index in [0.717, 1.165) is 0 Å². The summed E-state index contributed by atoms with van der Waals surface area (Å²) in [6.45, 7) is -4.17. The molecule has 0 aliphatic heterocycles. The van der Waals surface area contributed by atoms with Gasteiger partial charge in [-0.05, 0) is 0 Å². The first-order valence-electron chi connectivity index (χ1n) is 0.752. The molecule has 0 aromatic carbocycles. The first-order valence-corrected chi connectivity index (χ1v) is 3.27. The molecule has 2 N–H and O–H groups in total. The van der Waals surface area contributed by atoms with Crippen LogP contribution < -0.4 is 0 Å². The summed E-state index contributed by atoms with van der Waals surface area (Å²) in [6, 6.07) is 0. The van der Waals surface area contributed by atoms with Crippen molar-refractivity contribution in [1.82, 2.24) is 0 Å². The van der Waals surface area contributed by atoms with E-state index in [1.54, 1.807) is 0 Å². The first-order chi connectivity index (χ1) is 2.00. The van der Waals surface area contributed by atoms with Gasteiger partial charge >= 0.3 is 95.6 Å². The maximum absolute atomic E-state index is 9.09. The van der Waals surface area contributed by atoms with Crippen molar-refractivity contribution in [2.75, 3.05) is 0 Å². The fraction of sp³-hybridized carbons (Fsp3) is 0. The molecule has 0 fully saturated rings. The molecule has 0 rings (SSSR count). The Morgan fingerprint density at radius 2 is 1.12 bits per heavy atom. The summed E-state index contributed by atoms with van der Waals surface area (Å²) >= 11 is 4.20. The molecule has 0 saturated carbocycles. The van der Waals surface area contributed by atoms with Crippen molar-refractivity contribution in [1.29, 1.82) is 0 Å². The zero-order valence-electron chi connectivity index (χ0n) is 2.13. The molecule has 0 aromatic heterocycles. The molecule has 0 atom stereocenters. The van der Waals surface area contributed by atoms with Gasteiger partial charge in [-0.15, -0.1) is 0 Å². The molecule has 0 radical (unpaired) electrons. The molecule has 0 aliphatic carbocycles. The van der Waals surface area contributed by atoms with E-state index < -0.39 is 6.95 Å². The summed E-state index contributed by atoms with van der Waals surface area (Å²) in [5.74, 6) is 0. The normalized spacial score (nSPS) is 7.38. The summed E-state index contributed by atoms with van der Waals surface area (Å²) in [6.07, 6.45) is 0. The van der Waals surface area contributed by atoms with Crippen LogP contribution in [0.15, 0.2) is 0 Å². The monoisotopic (exact) mass is 188 g/mol. The average Bonchev–Trinajstić information content (AvgIpc) is 0.722. The Hall–Kier alpha value is 3.44. The number of halogens is 1. The average molecular weight is 188 g/mol. The van der Waals surface area contributed by atoms with E-state index in [9.17, 15) is 0 Å². The predicted molar refractivity (Wildman–Crippen MR) is 39.3 cm³/mol. The summed E-state index contributed by atoms with van der Waals surface area (Å²) in [4.78, 5) is 14.8. The van der Waals surface area contributed by atoms with Crippen LogP contribution in [0.5, 0.6) is 0 Å². The van der Waals surface area contributed by atoms with E-state index in [4.69, 9.17) is 14.4 Å². The molecule has 3 nitrogen and oxygen atoms in total. The van der Waals surface area contributed by atoms with Gasteiger partial charge in [-0.25, -0.2) is 4.57 Å². The van der Waals surface area contributed by atoms with E-state index >= 15 is 0 Å². The Morgan fingerprint density at radius 1 is 1.12 bits per heavy atom. The van der Waals surface area contributed by atoms with Gasteiger partial charge in [0.05, 0.1) is 0 Å². The Morgan fingerprint density at radius 3 is 1.12 bits per heavy atom. The topological polar surface area (TPSA) is 57.5 Å². The second-order valence-corrected chi connectivity index (χ2v) is 2.74. The summed E-state index contributed by atoms with van der Waals surface area (Å²) in [5, 5.41) is 0. The van der Waals surface area contributed by atoms with E-state index in [1.165, 1.54) is 0 Å². The Bertz CT molecular complexity index is 60.7. The second kappa shape index (κ2) is 10.4. The molecule has 8 heavy (non-hydrogen) atoms. The van der Waals surface area contributed by atoms with Crippen LogP contribution in [0.3, 0.4) is 0 Å². The Balaban J connectivity index is -0.0000000267. The van der Waals surface area contributed by atoms with Crippen molar-refractivity contribution in [2.45, 2.75) is 0 Å². The van der Waals surface area contributed by atoms with Crippen molar-refractivity contribution in [3.8, 4) is 0 Å². The van der Waals surface area contributed by atoms with Crippen molar-refractivity contribution < 1.29 is 14.4 Å². The summed E-state index contributed by atoms with van der Waals surface area (Å²) in [7, 11) is 0. The molecule has 0 bridgehead atoms. The van der Waals surface area contributed by atoms with Crippen LogP contribution in [-0.2, 0) is 4.57 Å². The predicted octanol–water partition coefficient (Wildman–Crippen LogP) is -1.63. The molecular weight excluding hydrogens is 183 g/mol. The van der Waals surface area contributed by atoms with Gasteiger partial charge in [-0.2, -0.15) is 0 Å². The number of hydrogen-bond acceptors (Lipinski definition) is 1. The van der Waals surface area contributed by atoms with Crippen molar-refractivity contribution in [3.05, 3.63) is 0 Å². The minimum absolute atomic E-state index is 0. The fourth-order valence-corrected chi connectivity index (χ4v) is 0. The number of hydrogen-bond donors (Lipinski definition) is 2. The van der Waals surface area contributed by atoms with Crippen molar-refractivity contribution in [3.63, 3.8) is 0 Å².